The van der Waals surface area contributed by atoms with Crippen LogP contribution in [0.25, 0.3) is 0 Å². The number of rotatable bonds is 3. The van der Waals surface area contributed by atoms with Gasteiger partial charge in [-0.15, -0.1) is 0 Å². The highest BCUT2D eigenvalue weighted by Crippen LogP contribution is 2.42. The Morgan fingerprint density at radius 1 is 1.47 bits per heavy atom. The Morgan fingerprint density at radius 3 is 2.80 bits per heavy atom. The summed E-state index contributed by atoms with van der Waals surface area (Å²) in [6.07, 6.45) is 1.89. The van der Waals surface area contributed by atoms with Crippen molar-refractivity contribution >= 4 is 5.97 Å². The van der Waals surface area contributed by atoms with Crippen molar-refractivity contribution in [1.82, 2.24) is 0 Å². The fourth-order valence-electron chi connectivity index (χ4n) is 2.09. The van der Waals surface area contributed by atoms with E-state index in [1.165, 1.54) is 0 Å². The van der Waals surface area contributed by atoms with Crippen LogP contribution in [0.2, 0.25) is 0 Å². The summed E-state index contributed by atoms with van der Waals surface area (Å²) in [5, 5.41) is 8.83. The Kier molecular flexibility index (Phi) is 2.71. The first-order chi connectivity index (χ1) is 7.22. The van der Waals surface area contributed by atoms with E-state index in [1.54, 1.807) is 18.2 Å². The highest BCUT2D eigenvalue weighted by atomic mass is 19.1. The molecule has 15 heavy (non-hydrogen) atoms. The smallest absolute Gasteiger partial charge is 0.335 e. The van der Waals surface area contributed by atoms with Crippen LogP contribution in [0.1, 0.15) is 34.7 Å². The molecule has 0 heterocycles. The van der Waals surface area contributed by atoms with Gasteiger partial charge in [0, 0.05) is 0 Å². The number of halogens is 1. The Bertz CT molecular complexity index is 374. The molecule has 1 N–H and O–H groups in total. The zero-order valence-electron chi connectivity index (χ0n) is 8.32. The van der Waals surface area contributed by atoms with Gasteiger partial charge in [0.15, 0.2) is 0 Å². The maximum atomic E-state index is 12.5. The van der Waals surface area contributed by atoms with Crippen molar-refractivity contribution in [2.24, 2.45) is 5.92 Å². The molecular weight excluding hydrogens is 195 g/mol. The highest BCUT2D eigenvalue weighted by molar-refractivity contribution is 5.87. The number of aromatic carboxylic acids is 1. The van der Waals surface area contributed by atoms with Crippen molar-refractivity contribution in [1.29, 1.82) is 0 Å². The zero-order chi connectivity index (χ0) is 10.8. The van der Waals surface area contributed by atoms with Crippen LogP contribution in [0.3, 0.4) is 0 Å². The van der Waals surface area contributed by atoms with E-state index in [4.69, 9.17) is 5.11 Å². The first-order valence-corrected chi connectivity index (χ1v) is 5.11. The molecule has 2 nitrogen and oxygen atoms in total. The fourth-order valence-corrected chi connectivity index (χ4v) is 2.09. The van der Waals surface area contributed by atoms with Crippen LogP contribution < -0.4 is 0 Å². The van der Waals surface area contributed by atoms with E-state index in [0.717, 1.165) is 18.4 Å². The van der Waals surface area contributed by atoms with Crippen LogP contribution >= 0.6 is 0 Å². The van der Waals surface area contributed by atoms with Crippen LogP contribution in [-0.4, -0.2) is 17.8 Å². The summed E-state index contributed by atoms with van der Waals surface area (Å²) in [5.74, 6) is -0.615. The molecule has 3 heteroatoms. The molecule has 1 fully saturated rings. The van der Waals surface area contributed by atoms with Gasteiger partial charge in [0.05, 0.1) is 12.2 Å². The summed E-state index contributed by atoms with van der Waals surface area (Å²) in [4.78, 5) is 10.8. The van der Waals surface area contributed by atoms with Gasteiger partial charge in [-0.1, -0.05) is 12.1 Å². The lowest BCUT2D eigenvalue weighted by atomic mass is 9.70. The van der Waals surface area contributed by atoms with Crippen molar-refractivity contribution in [3.63, 3.8) is 0 Å². The lowest BCUT2D eigenvalue weighted by molar-refractivity contribution is 0.0696. The summed E-state index contributed by atoms with van der Waals surface area (Å²) in [7, 11) is 0. The van der Waals surface area contributed by atoms with E-state index >= 15 is 0 Å². The van der Waals surface area contributed by atoms with E-state index in [9.17, 15) is 9.18 Å². The van der Waals surface area contributed by atoms with Crippen molar-refractivity contribution in [2.75, 3.05) is 6.67 Å². The van der Waals surface area contributed by atoms with Gasteiger partial charge < -0.3 is 5.11 Å². The van der Waals surface area contributed by atoms with Gasteiger partial charge in [-0.05, 0) is 42.4 Å². The second-order valence-electron chi connectivity index (χ2n) is 4.03. The third-order valence-corrected chi connectivity index (χ3v) is 3.18. The van der Waals surface area contributed by atoms with E-state index < -0.39 is 5.97 Å². The van der Waals surface area contributed by atoms with Crippen LogP contribution in [0.15, 0.2) is 24.3 Å². The molecule has 0 bridgehead atoms. The second-order valence-corrected chi connectivity index (χ2v) is 4.03. The molecule has 0 aromatic heterocycles. The standard InChI is InChI=1S/C12H13FO2/c13-7-10-4-5-11(10)8-2-1-3-9(6-8)12(14)15/h1-3,6,10-11H,4-5,7H2,(H,14,15). The zero-order valence-corrected chi connectivity index (χ0v) is 8.32. The second kappa shape index (κ2) is 4.01. The molecule has 0 spiro atoms. The van der Waals surface area contributed by atoms with Crippen LogP contribution in [-0.2, 0) is 0 Å². The predicted molar refractivity (Wildman–Crippen MR) is 54.8 cm³/mol. The number of hydrogen-bond donors (Lipinski definition) is 1. The third kappa shape index (κ3) is 1.87. The Labute approximate surface area is 87.7 Å². The summed E-state index contributed by atoms with van der Waals surface area (Å²) in [6.45, 7) is -0.304. The maximum Gasteiger partial charge on any atom is 0.335 e. The quantitative estimate of drug-likeness (QED) is 0.829. The number of carboxylic acid groups (broad SMARTS) is 1. The van der Waals surface area contributed by atoms with Crippen molar-refractivity contribution in [3.8, 4) is 0 Å². The monoisotopic (exact) mass is 208 g/mol. The molecule has 2 unspecified atom stereocenters. The van der Waals surface area contributed by atoms with Gasteiger partial charge in [0.2, 0.25) is 0 Å². The maximum absolute atomic E-state index is 12.5. The largest absolute Gasteiger partial charge is 0.478 e. The molecular formula is C12H13FO2. The fraction of sp³-hybridized carbons (Fsp3) is 0.417. The molecule has 1 aliphatic carbocycles. The van der Waals surface area contributed by atoms with Gasteiger partial charge in [-0.2, -0.15) is 0 Å². The summed E-state index contributed by atoms with van der Waals surface area (Å²) >= 11 is 0. The molecule has 0 aliphatic heterocycles. The SMILES string of the molecule is O=C(O)c1cccc(C2CCC2CF)c1. The molecule has 2 rings (SSSR count). The van der Waals surface area contributed by atoms with Crippen molar-refractivity contribution < 1.29 is 14.3 Å². The first kappa shape index (κ1) is 10.1. The average Bonchev–Trinajstić information content (AvgIpc) is 2.17. The minimum atomic E-state index is -0.923. The molecule has 0 amide bonds. The summed E-state index contributed by atoms with van der Waals surface area (Å²) in [5.41, 5.74) is 1.25. The molecule has 1 aromatic rings. The Morgan fingerprint density at radius 2 is 2.27 bits per heavy atom. The normalized spacial score (nSPS) is 24.6. The van der Waals surface area contributed by atoms with Crippen LogP contribution in [0.4, 0.5) is 4.39 Å². The Hall–Kier alpha value is -1.38. The number of carboxylic acids is 1. The molecule has 1 aliphatic rings. The summed E-state index contributed by atoms with van der Waals surface area (Å²) < 4.78 is 12.5. The lowest BCUT2D eigenvalue weighted by Crippen LogP contribution is -2.25. The van der Waals surface area contributed by atoms with E-state index in [1.807, 2.05) is 6.07 Å². The number of carbonyl (C=O) groups is 1. The molecule has 80 valence electrons. The van der Waals surface area contributed by atoms with E-state index in [0.29, 0.717) is 0 Å². The van der Waals surface area contributed by atoms with E-state index in [2.05, 4.69) is 0 Å². The predicted octanol–water partition coefficient (Wildman–Crippen LogP) is 2.85. The topological polar surface area (TPSA) is 37.3 Å². The van der Waals surface area contributed by atoms with Crippen LogP contribution in [0.5, 0.6) is 0 Å². The summed E-state index contributed by atoms with van der Waals surface area (Å²) in [6, 6.07) is 6.84. The lowest BCUT2D eigenvalue weighted by Gasteiger charge is -2.35. The van der Waals surface area contributed by atoms with Gasteiger partial charge in [0.1, 0.15) is 0 Å². The molecule has 2 atom stereocenters. The van der Waals surface area contributed by atoms with Gasteiger partial charge in [0.25, 0.3) is 0 Å². The number of hydrogen-bond acceptors (Lipinski definition) is 1. The van der Waals surface area contributed by atoms with Crippen molar-refractivity contribution in [3.05, 3.63) is 35.4 Å². The van der Waals surface area contributed by atoms with Gasteiger partial charge in [-0.25, -0.2) is 4.79 Å². The van der Waals surface area contributed by atoms with Crippen molar-refractivity contribution in [2.45, 2.75) is 18.8 Å². The molecule has 0 saturated heterocycles. The van der Waals surface area contributed by atoms with Crippen LogP contribution in [0, 0.1) is 5.92 Å². The first-order valence-electron chi connectivity index (χ1n) is 5.11. The average molecular weight is 208 g/mol. The highest BCUT2D eigenvalue weighted by Gasteiger charge is 2.32. The number of benzene rings is 1. The minimum absolute atomic E-state index is 0.0917. The third-order valence-electron chi connectivity index (χ3n) is 3.18. The Balaban J connectivity index is 2.21. The van der Waals surface area contributed by atoms with Gasteiger partial charge in [-0.3, -0.25) is 4.39 Å². The molecule has 0 radical (unpaired) electrons. The molecule has 1 saturated carbocycles. The number of alkyl halides is 1. The van der Waals surface area contributed by atoms with Gasteiger partial charge >= 0.3 is 5.97 Å². The minimum Gasteiger partial charge on any atom is -0.478 e. The van der Waals surface area contributed by atoms with E-state index in [-0.39, 0.29) is 24.1 Å². The molecule has 1 aromatic carbocycles.